The Labute approximate surface area is 204 Å². The first-order valence-corrected chi connectivity index (χ1v) is 11.4. The number of benzene rings is 2. The molecule has 172 valence electrons. The van der Waals surface area contributed by atoms with E-state index in [-0.39, 0.29) is 27.8 Å². The molecular formula is C22H21ClN4O4S2. The van der Waals surface area contributed by atoms with Crippen molar-refractivity contribution in [3.63, 3.8) is 0 Å². The van der Waals surface area contributed by atoms with Gasteiger partial charge >= 0.3 is 0 Å². The lowest BCUT2D eigenvalue weighted by Crippen LogP contribution is -2.40. The zero-order chi connectivity index (χ0) is 24.5. The molecule has 0 aliphatic carbocycles. The number of hydrogen-bond donors (Lipinski definition) is 3. The third kappa shape index (κ3) is 5.47. The minimum absolute atomic E-state index is 0.00335. The van der Waals surface area contributed by atoms with Crippen LogP contribution < -0.4 is 16.0 Å². The van der Waals surface area contributed by atoms with Crippen LogP contribution in [0.1, 0.15) is 46.4 Å². The first kappa shape index (κ1) is 24.6. The highest BCUT2D eigenvalue weighted by Crippen LogP contribution is 2.39. The summed E-state index contributed by atoms with van der Waals surface area (Å²) in [6, 6.07) is 9.55. The Balaban J connectivity index is 1.84. The van der Waals surface area contributed by atoms with Gasteiger partial charge in [-0.2, -0.15) is 0 Å². The van der Waals surface area contributed by atoms with Gasteiger partial charge in [-0.15, -0.1) is 11.3 Å². The van der Waals surface area contributed by atoms with Crippen molar-refractivity contribution in [3.8, 4) is 0 Å². The summed E-state index contributed by atoms with van der Waals surface area (Å²) in [5.74, 6) is -0.855. The summed E-state index contributed by atoms with van der Waals surface area (Å²) in [6.07, 6.45) is 0. The van der Waals surface area contributed by atoms with Crippen molar-refractivity contribution in [2.45, 2.75) is 33.2 Å². The summed E-state index contributed by atoms with van der Waals surface area (Å²) in [5.41, 5.74) is 0.376. The second-order valence-corrected chi connectivity index (χ2v) is 10.1. The van der Waals surface area contributed by atoms with E-state index in [0.717, 1.165) is 0 Å². The van der Waals surface area contributed by atoms with Crippen LogP contribution in [-0.2, 0) is 0 Å². The predicted octanol–water partition coefficient (Wildman–Crippen LogP) is 5.43. The van der Waals surface area contributed by atoms with E-state index in [1.807, 2.05) is 20.8 Å². The summed E-state index contributed by atoms with van der Waals surface area (Å²) in [5, 5.41) is 20.5. The van der Waals surface area contributed by atoms with E-state index in [9.17, 15) is 19.7 Å². The number of nitro groups is 1. The molecule has 0 fully saturated rings. The maximum absolute atomic E-state index is 12.7. The molecule has 0 bridgehead atoms. The van der Waals surface area contributed by atoms with Crippen molar-refractivity contribution in [2.24, 2.45) is 0 Å². The van der Waals surface area contributed by atoms with Crippen LogP contribution in [0.25, 0.3) is 10.1 Å². The van der Waals surface area contributed by atoms with Crippen LogP contribution in [0, 0.1) is 17.0 Å². The molecule has 2 aromatic carbocycles. The van der Waals surface area contributed by atoms with Gasteiger partial charge in [-0.05, 0) is 52.0 Å². The van der Waals surface area contributed by atoms with E-state index in [1.54, 1.807) is 18.2 Å². The van der Waals surface area contributed by atoms with Crippen LogP contribution in [0.3, 0.4) is 0 Å². The van der Waals surface area contributed by atoms with Crippen molar-refractivity contribution in [1.82, 2.24) is 10.6 Å². The van der Waals surface area contributed by atoms with Gasteiger partial charge in [0.05, 0.1) is 20.3 Å². The zero-order valence-corrected chi connectivity index (χ0v) is 20.6. The maximum Gasteiger partial charge on any atom is 0.273 e. The number of nitro benzene ring substituents is 1. The lowest BCUT2D eigenvalue weighted by Gasteiger charge is -2.19. The van der Waals surface area contributed by atoms with Gasteiger partial charge < -0.3 is 10.6 Å². The molecule has 0 aliphatic rings. The van der Waals surface area contributed by atoms with Crippen LogP contribution in [0.15, 0.2) is 36.4 Å². The van der Waals surface area contributed by atoms with Crippen molar-refractivity contribution in [1.29, 1.82) is 0 Å². The summed E-state index contributed by atoms with van der Waals surface area (Å²) >= 11 is 13.0. The van der Waals surface area contributed by atoms with E-state index >= 15 is 0 Å². The van der Waals surface area contributed by atoms with E-state index in [1.165, 1.54) is 36.5 Å². The number of hydrogen-bond acceptors (Lipinski definition) is 6. The Hall–Kier alpha value is -3.08. The topological polar surface area (TPSA) is 113 Å². The molecule has 3 rings (SSSR count). The number of thiocarbonyl (C=S) groups is 1. The van der Waals surface area contributed by atoms with E-state index in [2.05, 4.69) is 16.0 Å². The van der Waals surface area contributed by atoms with Gasteiger partial charge in [0.2, 0.25) is 0 Å². The quantitative estimate of drug-likeness (QED) is 0.248. The van der Waals surface area contributed by atoms with Crippen molar-refractivity contribution in [3.05, 3.63) is 67.5 Å². The SMILES string of the molecule is Cc1c(C(=O)NC(=S)Nc2cccc3c(Cl)c(C(=O)NC(C)(C)C)sc23)cccc1[N+](=O)[O-]. The summed E-state index contributed by atoms with van der Waals surface area (Å²) in [7, 11) is 0. The van der Waals surface area contributed by atoms with Crippen molar-refractivity contribution < 1.29 is 14.5 Å². The van der Waals surface area contributed by atoms with Crippen LogP contribution in [0.2, 0.25) is 5.02 Å². The van der Waals surface area contributed by atoms with Crippen LogP contribution in [0.5, 0.6) is 0 Å². The van der Waals surface area contributed by atoms with Crippen LogP contribution >= 0.6 is 35.2 Å². The number of halogens is 1. The van der Waals surface area contributed by atoms with Gasteiger partial charge in [0.25, 0.3) is 17.5 Å². The number of nitrogens with one attached hydrogen (secondary N) is 3. The molecule has 0 saturated heterocycles. The molecule has 33 heavy (non-hydrogen) atoms. The minimum Gasteiger partial charge on any atom is -0.347 e. The number of nitrogens with zero attached hydrogens (tertiary/aromatic N) is 1. The fourth-order valence-electron chi connectivity index (χ4n) is 3.12. The summed E-state index contributed by atoms with van der Waals surface area (Å²) in [4.78, 5) is 36.3. The number of carbonyl (C=O) groups excluding carboxylic acids is 2. The molecule has 3 N–H and O–H groups in total. The lowest BCUT2D eigenvalue weighted by atomic mass is 10.1. The van der Waals surface area contributed by atoms with Gasteiger partial charge in [0.15, 0.2) is 5.11 Å². The largest absolute Gasteiger partial charge is 0.347 e. The number of rotatable bonds is 4. The van der Waals surface area contributed by atoms with Crippen LogP contribution in [-0.4, -0.2) is 27.4 Å². The Kier molecular flexibility index (Phi) is 7.01. The highest BCUT2D eigenvalue weighted by atomic mass is 35.5. The molecule has 0 unspecified atom stereocenters. The second kappa shape index (κ2) is 9.42. The summed E-state index contributed by atoms with van der Waals surface area (Å²) < 4.78 is 0.699. The molecule has 0 atom stereocenters. The van der Waals surface area contributed by atoms with Gasteiger partial charge in [0.1, 0.15) is 4.88 Å². The van der Waals surface area contributed by atoms with Gasteiger partial charge in [-0.25, -0.2) is 0 Å². The molecule has 0 aliphatic heterocycles. The fraction of sp³-hybridized carbons (Fsp3) is 0.227. The molecule has 8 nitrogen and oxygen atoms in total. The molecule has 2 amide bonds. The normalized spacial score (nSPS) is 11.2. The molecule has 1 aromatic heterocycles. The number of anilines is 1. The first-order chi connectivity index (χ1) is 15.4. The highest BCUT2D eigenvalue weighted by Gasteiger charge is 2.23. The number of amides is 2. The highest BCUT2D eigenvalue weighted by molar-refractivity contribution is 7.80. The molecule has 0 saturated carbocycles. The molecule has 11 heteroatoms. The number of thiophene rings is 1. The maximum atomic E-state index is 12.7. The molecule has 3 aromatic rings. The van der Waals surface area contributed by atoms with Crippen molar-refractivity contribution in [2.75, 3.05) is 5.32 Å². The zero-order valence-electron chi connectivity index (χ0n) is 18.2. The molecule has 1 heterocycles. The molecule has 0 spiro atoms. The average Bonchev–Trinajstić information content (AvgIpc) is 3.04. The Bertz CT molecular complexity index is 1300. The third-order valence-electron chi connectivity index (χ3n) is 4.57. The molecule has 0 radical (unpaired) electrons. The van der Waals surface area contributed by atoms with E-state index in [0.29, 0.717) is 25.7 Å². The minimum atomic E-state index is -0.574. The second-order valence-electron chi connectivity index (χ2n) is 8.25. The monoisotopic (exact) mass is 504 g/mol. The predicted molar refractivity (Wildman–Crippen MR) is 136 cm³/mol. The number of fused-ring (bicyclic) bond motifs is 1. The number of carbonyl (C=O) groups is 2. The van der Waals surface area contributed by atoms with Gasteiger partial charge in [-0.3, -0.25) is 25.0 Å². The molecular weight excluding hydrogens is 484 g/mol. The third-order valence-corrected chi connectivity index (χ3v) is 6.52. The van der Waals surface area contributed by atoms with Crippen molar-refractivity contribution >= 4 is 73.5 Å². The smallest absolute Gasteiger partial charge is 0.273 e. The summed E-state index contributed by atoms with van der Waals surface area (Å²) in [6.45, 7) is 7.14. The van der Waals surface area contributed by atoms with E-state index in [4.69, 9.17) is 23.8 Å². The first-order valence-electron chi connectivity index (χ1n) is 9.79. The van der Waals surface area contributed by atoms with E-state index < -0.39 is 16.4 Å². The average molecular weight is 505 g/mol. The Morgan fingerprint density at radius 2 is 1.79 bits per heavy atom. The van der Waals surface area contributed by atoms with Gasteiger partial charge in [-0.1, -0.05) is 29.8 Å². The van der Waals surface area contributed by atoms with Gasteiger partial charge in [0, 0.05) is 28.1 Å². The Morgan fingerprint density at radius 1 is 1.12 bits per heavy atom. The van der Waals surface area contributed by atoms with Crippen LogP contribution in [0.4, 0.5) is 11.4 Å². The standard InChI is InChI=1S/C22H21ClN4O4S2/c1-11-12(7-6-10-15(11)27(30)31)19(28)25-21(32)24-14-9-5-8-13-16(23)18(33-17(13)14)20(29)26-22(2,3)4/h5-10H,1-4H3,(H,26,29)(H2,24,25,28,32). The Morgan fingerprint density at radius 3 is 2.42 bits per heavy atom. The lowest BCUT2D eigenvalue weighted by molar-refractivity contribution is -0.385. The fourth-order valence-corrected chi connectivity index (χ4v) is 4.80.